The summed E-state index contributed by atoms with van der Waals surface area (Å²) in [7, 11) is 3.67. The van der Waals surface area contributed by atoms with Gasteiger partial charge in [-0.05, 0) is 25.2 Å². The van der Waals surface area contributed by atoms with Crippen LogP contribution in [0.15, 0.2) is 28.7 Å². The maximum absolute atomic E-state index is 11.7. The Labute approximate surface area is 116 Å². The molecule has 1 amide bonds. The van der Waals surface area contributed by atoms with Gasteiger partial charge >= 0.3 is 0 Å². The van der Waals surface area contributed by atoms with Crippen molar-refractivity contribution in [2.45, 2.75) is 6.42 Å². The summed E-state index contributed by atoms with van der Waals surface area (Å²) in [5, 5.41) is 3.01. The molecule has 0 radical (unpaired) electrons. The summed E-state index contributed by atoms with van der Waals surface area (Å²) in [5.74, 6) is 0.871. The fourth-order valence-corrected chi connectivity index (χ4v) is 1.79. The van der Waals surface area contributed by atoms with Crippen molar-refractivity contribution in [1.82, 2.24) is 10.2 Å². The molecule has 0 heterocycles. The van der Waals surface area contributed by atoms with E-state index < -0.39 is 0 Å². The van der Waals surface area contributed by atoms with Crippen LogP contribution in [0.25, 0.3) is 0 Å². The molecule has 0 aromatic heterocycles. The molecule has 18 heavy (non-hydrogen) atoms. The van der Waals surface area contributed by atoms with E-state index in [0.717, 1.165) is 16.8 Å². The highest BCUT2D eigenvalue weighted by atomic mass is 79.9. The van der Waals surface area contributed by atoms with Crippen LogP contribution in [-0.2, 0) is 4.79 Å². The number of benzene rings is 1. The van der Waals surface area contributed by atoms with Gasteiger partial charge in [-0.25, -0.2) is 0 Å². The smallest absolute Gasteiger partial charge is 0.225 e. The zero-order valence-electron chi connectivity index (χ0n) is 10.8. The van der Waals surface area contributed by atoms with Crippen molar-refractivity contribution in [3.63, 3.8) is 0 Å². The summed E-state index contributed by atoms with van der Waals surface area (Å²) in [5.41, 5.74) is 0. The minimum Gasteiger partial charge on any atom is -0.493 e. The number of carbonyl (C=O) groups is 1. The Morgan fingerprint density at radius 3 is 2.94 bits per heavy atom. The SMILES string of the molecule is CNCCN(C)C(=O)CCOc1cccc(Br)c1. The summed E-state index contributed by atoms with van der Waals surface area (Å²) >= 11 is 3.37. The molecular weight excluding hydrogens is 296 g/mol. The van der Waals surface area contributed by atoms with E-state index in [9.17, 15) is 4.79 Å². The lowest BCUT2D eigenvalue weighted by Gasteiger charge is -2.17. The minimum absolute atomic E-state index is 0.0975. The van der Waals surface area contributed by atoms with Crippen molar-refractivity contribution in [3.8, 4) is 5.75 Å². The summed E-state index contributed by atoms with van der Waals surface area (Å²) in [6.07, 6.45) is 0.396. The quantitative estimate of drug-likeness (QED) is 0.835. The van der Waals surface area contributed by atoms with Crippen molar-refractivity contribution < 1.29 is 9.53 Å². The lowest BCUT2D eigenvalue weighted by molar-refractivity contribution is -0.130. The molecule has 0 fully saturated rings. The van der Waals surface area contributed by atoms with Crippen molar-refractivity contribution in [1.29, 1.82) is 0 Å². The van der Waals surface area contributed by atoms with Crippen LogP contribution in [0.4, 0.5) is 0 Å². The maximum Gasteiger partial charge on any atom is 0.225 e. The third-order valence-electron chi connectivity index (χ3n) is 2.50. The van der Waals surface area contributed by atoms with Crippen LogP contribution in [0.5, 0.6) is 5.75 Å². The summed E-state index contributed by atoms with van der Waals surface area (Å²) in [4.78, 5) is 13.4. The summed E-state index contributed by atoms with van der Waals surface area (Å²) < 4.78 is 6.49. The number of likely N-dealkylation sites (N-methyl/N-ethyl adjacent to an activating group) is 2. The van der Waals surface area contributed by atoms with Crippen molar-refractivity contribution in [3.05, 3.63) is 28.7 Å². The largest absolute Gasteiger partial charge is 0.493 e. The van der Waals surface area contributed by atoms with Gasteiger partial charge in [0.05, 0.1) is 13.0 Å². The first kappa shape index (κ1) is 15.0. The average Bonchev–Trinajstić information content (AvgIpc) is 2.35. The molecule has 1 N–H and O–H groups in total. The van der Waals surface area contributed by atoms with Crippen molar-refractivity contribution >= 4 is 21.8 Å². The fourth-order valence-electron chi connectivity index (χ4n) is 1.41. The van der Waals surface area contributed by atoms with Gasteiger partial charge in [-0.3, -0.25) is 4.79 Å². The van der Waals surface area contributed by atoms with E-state index in [2.05, 4.69) is 21.2 Å². The molecule has 5 heteroatoms. The monoisotopic (exact) mass is 314 g/mol. The van der Waals surface area contributed by atoms with Gasteiger partial charge < -0.3 is 15.0 Å². The third kappa shape index (κ3) is 5.51. The van der Waals surface area contributed by atoms with E-state index in [1.165, 1.54) is 0 Å². The number of carbonyl (C=O) groups excluding carboxylic acids is 1. The van der Waals surface area contributed by atoms with Crippen LogP contribution in [-0.4, -0.2) is 44.6 Å². The molecule has 1 aromatic carbocycles. The molecule has 0 aliphatic carbocycles. The summed E-state index contributed by atoms with van der Waals surface area (Å²) in [6.45, 7) is 1.92. The Balaban J connectivity index is 2.27. The normalized spacial score (nSPS) is 10.2. The molecule has 0 saturated carbocycles. The molecule has 1 rings (SSSR count). The van der Waals surface area contributed by atoms with E-state index in [4.69, 9.17) is 4.74 Å². The first-order valence-corrected chi connectivity index (χ1v) is 6.69. The Morgan fingerprint density at radius 1 is 1.50 bits per heavy atom. The highest BCUT2D eigenvalue weighted by Gasteiger charge is 2.07. The molecule has 0 aliphatic rings. The highest BCUT2D eigenvalue weighted by molar-refractivity contribution is 9.10. The number of hydrogen-bond acceptors (Lipinski definition) is 3. The first-order valence-electron chi connectivity index (χ1n) is 5.90. The predicted octanol–water partition coefficient (Wildman–Crippen LogP) is 1.90. The van der Waals surface area contributed by atoms with E-state index >= 15 is 0 Å². The molecule has 100 valence electrons. The topological polar surface area (TPSA) is 41.6 Å². The van der Waals surface area contributed by atoms with E-state index in [0.29, 0.717) is 19.6 Å². The second-order valence-electron chi connectivity index (χ2n) is 3.97. The van der Waals surface area contributed by atoms with Gasteiger partial charge in [0, 0.05) is 24.6 Å². The van der Waals surface area contributed by atoms with Gasteiger partial charge in [-0.15, -0.1) is 0 Å². The Hall–Kier alpha value is -1.07. The van der Waals surface area contributed by atoms with Crippen molar-refractivity contribution in [2.24, 2.45) is 0 Å². The molecule has 0 aliphatic heterocycles. The predicted molar refractivity (Wildman–Crippen MR) is 75.8 cm³/mol. The van der Waals surface area contributed by atoms with Crippen LogP contribution in [0.1, 0.15) is 6.42 Å². The average molecular weight is 315 g/mol. The first-order chi connectivity index (χ1) is 8.63. The zero-order chi connectivity index (χ0) is 13.4. The van der Waals surface area contributed by atoms with Gasteiger partial charge in [0.25, 0.3) is 0 Å². The molecule has 1 aromatic rings. The van der Waals surface area contributed by atoms with Crippen LogP contribution >= 0.6 is 15.9 Å². The van der Waals surface area contributed by atoms with E-state index in [-0.39, 0.29) is 5.91 Å². The number of nitrogens with zero attached hydrogens (tertiary/aromatic N) is 1. The van der Waals surface area contributed by atoms with Crippen LogP contribution < -0.4 is 10.1 Å². The number of hydrogen-bond donors (Lipinski definition) is 1. The van der Waals surface area contributed by atoms with Gasteiger partial charge in [0.15, 0.2) is 0 Å². The standard InChI is InChI=1S/C13H19BrN2O2/c1-15-7-8-16(2)13(17)6-9-18-12-5-3-4-11(14)10-12/h3-5,10,15H,6-9H2,1-2H3. The Bertz CT molecular complexity index is 385. The molecule has 0 bridgehead atoms. The summed E-state index contributed by atoms with van der Waals surface area (Å²) in [6, 6.07) is 7.60. The zero-order valence-corrected chi connectivity index (χ0v) is 12.4. The number of ether oxygens (including phenoxy) is 1. The Morgan fingerprint density at radius 2 is 2.28 bits per heavy atom. The molecule has 4 nitrogen and oxygen atoms in total. The van der Waals surface area contributed by atoms with Crippen LogP contribution in [0.3, 0.4) is 0 Å². The molecule has 0 saturated heterocycles. The van der Waals surface area contributed by atoms with E-state index in [1.54, 1.807) is 11.9 Å². The molecular formula is C13H19BrN2O2. The third-order valence-corrected chi connectivity index (χ3v) is 3.00. The second-order valence-corrected chi connectivity index (χ2v) is 4.89. The van der Waals surface area contributed by atoms with Gasteiger partial charge in [0.1, 0.15) is 5.75 Å². The number of amides is 1. The lowest BCUT2D eigenvalue weighted by atomic mass is 10.3. The number of halogens is 1. The number of rotatable bonds is 7. The van der Waals surface area contributed by atoms with E-state index in [1.807, 2.05) is 31.3 Å². The molecule has 0 unspecified atom stereocenters. The second kappa shape index (κ2) is 8.11. The highest BCUT2D eigenvalue weighted by Crippen LogP contribution is 2.17. The molecule has 0 spiro atoms. The van der Waals surface area contributed by atoms with Gasteiger partial charge in [-0.1, -0.05) is 22.0 Å². The number of nitrogens with one attached hydrogen (secondary N) is 1. The lowest BCUT2D eigenvalue weighted by Crippen LogP contribution is -2.33. The van der Waals surface area contributed by atoms with Crippen LogP contribution in [0.2, 0.25) is 0 Å². The Kier molecular flexibility index (Phi) is 6.75. The molecule has 0 atom stereocenters. The minimum atomic E-state index is 0.0975. The van der Waals surface area contributed by atoms with Gasteiger partial charge in [-0.2, -0.15) is 0 Å². The maximum atomic E-state index is 11.7. The van der Waals surface area contributed by atoms with Gasteiger partial charge in [0.2, 0.25) is 5.91 Å². The van der Waals surface area contributed by atoms with Crippen LogP contribution in [0, 0.1) is 0 Å². The fraction of sp³-hybridized carbons (Fsp3) is 0.462. The van der Waals surface area contributed by atoms with Crippen molar-refractivity contribution in [2.75, 3.05) is 33.8 Å².